The number of ether oxygens (including phenoxy) is 2. The minimum atomic E-state index is -0.353. The third-order valence-corrected chi connectivity index (χ3v) is 3.52. The molecule has 1 atom stereocenters. The van der Waals surface area contributed by atoms with Crippen LogP contribution in [0.1, 0.15) is 40.0 Å². The number of carbonyl (C=O) groups excluding carboxylic acids is 1. The molecule has 0 bridgehead atoms. The zero-order valence-electron chi connectivity index (χ0n) is 14.7. The topological polar surface area (TPSA) is 84.0 Å². The number of nitrogens with one attached hydrogen (secondary N) is 3. The molecule has 7 heteroatoms. The molecule has 0 aromatic heterocycles. The molecular weight excluding hydrogens is 296 g/mol. The van der Waals surface area contributed by atoms with E-state index in [9.17, 15) is 4.79 Å². The van der Waals surface area contributed by atoms with Gasteiger partial charge in [-0.25, -0.2) is 4.79 Å². The summed E-state index contributed by atoms with van der Waals surface area (Å²) in [7, 11) is 0. The first-order valence-corrected chi connectivity index (χ1v) is 8.74. The maximum Gasteiger partial charge on any atom is 0.407 e. The van der Waals surface area contributed by atoms with Crippen molar-refractivity contribution in [2.45, 2.75) is 46.1 Å². The zero-order chi connectivity index (χ0) is 16.9. The van der Waals surface area contributed by atoms with Gasteiger partial charge in [0.25, 0.3) is 0 Å². The van der Waals surface area contributed by atoms with E-state index in [1.807, 2.05) is 13.8 Å². The summed E-state index contributed by atoms with van der Waals surface area (Å²) in [6, 6.07) is 0.0490. The lowest BCUT2D eigenvalue weighted by Crippen LogP contribution is -2.42. The SMILES string of the molecule is CCNC(=NCC(NC(=O)OCC)C1CC1)NCCCOCC. The second-order valence-corrected chi connectivity index (χ2v) is 5.51. The third kappa shape index (κ3) is 9.28. The largest absolute Gasteiger partial charge is 0.450 e. The van der Waals surface area contributed by atoms with Gasteiger partial charge in [-0.05, 0) is 46.0 Å². The van der Waals surface area contributed by atoms with Crippen molar-refractivity contribution in [2.24, 2.45) is 10.9 Å². The van der Waals surface area contributed by atoms with Crippen molar-refractivity contribution in [3.63, 3.8) is 0 Å². The van der Waals surface area contributed by atoms with Crippen LogP contribution in [0.15, 0.2) is 4.99 Å². The number of aliphatic imine (C=N–C) groups is 1. The predicted molar refractivity (Wildman–Crippen MR) is 91.8 cm³/mol. The number of nitrogens with zero attached hydrogens (tertiary/aromatic N) is 1. The van der Waals surface area contributed by atoms with Crippen LogP contribution in [-0.4, -0.2) is 57.5 Å². The molecule has 0 aromatic rings. The highest BCUT2D eigenvalue weighted by molar-refractivity contribution is 5.79. The van der Waals surface area contributed by atoms with Gasteiger partial charge in [-0.2, -0.15) is 0 Å². The molecule has 1 aliphatic carbocycles. The van der Waals surface area contributed by atoms with Crippen LogP contribution in [0, 0.1) is 5.92 Å². The minimum absolute atomic E-state index is 0.0490. The Balaban J connectivity index is 2.40. The van der Waals surface area contributed by atoms with Crippen LogP contribution < -0.4 is 16.0 Å². The third-order valence-electron chi connectivity index (χ3n) is 3.52. The summed E-state index contributed by atoms with van der Waals surface area (Å²) in [6.45, 7) is 9.89. The van der Waals surface area contributed by atoms with Crippen molar-refractivity contribution < 1.29 is 14.3 Å². The molecule has 1 rings (SSSR count). The van der Waals surface area contributed by atoms with Gasteiger partial charge in [0.1, 0.15) is 0 Å². The highest BCUT2D eigenvalue weighted by atomic mass is 16.5. The van der Waals surface area contributed by atoms with Crippen LogP contribution in [-0.2, 0) is 9.47 Å². The molecule has 23 heavy (non-hydrogen) atoms. The summed E-state index contributed by atoms with van der Waals surface area (Å²) in [5.74, 6) is 1.30. The highest BCUT2D eigenvalue weighted by Crippen LogP contribution is 2.32. The van der Waals surface area contributed by atoms with Crippen LogP contribution in [0.4, 0.5) is 4.79 Å². The van der Waals surface area contributed by atoms with Gasteiger partial charge >= 0.3 is 6.09 Å². The fourth-order valence-corrected chi connectivity index (χ4v) is 2.19. The van der Waals surface area contributed by atoms with Crippen molar-refractivity contribution >= 4 is 12.1 Å². The van der Waals surface area contributed by atoms with Gasteiger partial charge in [0.2, 0.25) is 0 Å². The van der Waals surface area contributed by atoms with Gasteiger partial charge in [-0.1, -0.05) is 0 Å². The summed E-state index contributed by atoms with van der Waals surface area (Å²) in [5, 5.41) is 9.43. The number of amides is 1. The second-order valence-electron chi connectivity index (χ2n) is 5.51. The Morgan fingerprint density at radius 2 is 2.00 bits per heavy atom. The molecule has 7 nitrogen and oxygen atoms in total. The molecule has 0 spiro atoms. The number of alkyl carbamates (subject to hydrolysis) is 1. The van der Waals surface area contributed by atoms with E-state index in [-0.39, 0.29) is 12.1 Å². The average molecular weight is 328 g/mol. The van der Waals surface area contributed by atoms with Crippen LogP contribution >= 0.6 is 0 Å². The summed E-state index contributed by atoms with van der Waals surface area (Å²) in [5.41, 5.74) is 0. The first-order chi connectivity index (χ1) is 11.2. The molecular formula is C16H32N4O3. The van der Waals surface area contributed by atoms with Gasteiger partial charge < -0.3 is 25.4 Å². The smallest absolute Gasteiger partial charge is 0.407 e. The van der Waals surface area contributed by atoms with Gasteiger partial charge in [0.15, 0.2) is 5.96 Å². The summed E-state index contributed by atoms with van der Waals surface area (Å²) < 4.78 is 10.3. The molecule has 1 fully saturated rings. The fourth-order valence-electron chi connectivity index (χ4n) is 2.19. The number of hydrogen-bond acceptors (Lipinski definition) is 4. The van der Waals surface area contributed by atoms with Crippen LogP contribution in [0.5, 0.6) is 0 Å². The lowest BCUT2D eigenvalue weighted by molar-refractivity contribution is 0.145. The molecule has 1 saturated carbocycles. The first kappa shape index (κ1) is 19.5. The summed E-state index contributed by atoms with van der Waals surface area (Å²) in [4.78, 5) is 16.2. The molecule has 0 aromatic carbocycles. The maximum absolute atomic E-state index is 11.6. The van der Waals surface area contributed by atoms with E-state index < -0.39 is 0 Å². The molecule has 1 unspecified atom stereocenters. The average Bonchev–Trinajstić information content (AvgIpc) is 3.36. The van der Waals surface area contributed by atoms with Crippen molar-refractivity contribution in [1.29, 1.82) is 0 Å². The van der Waals surface area contributed by atoms with Crippen molar-refractivity contribution in [1.82, 2.24) is 16.0 Å². The van der Waals surface area contributed by atoms with Gasteiger partial charge in [0, 0.05) is 26.3 Å². The number of hydrogen-bond donors (Lipinski definition) is 3. The van der Waals surface area contributed by atoms with E-state index in [4.69, 9.17) is 9.47 Å². The number of guanidine groups is 1. The maximum atomic E-state index is 11.6. The Kier molecular flexibility index (Phi) is 10.2. The van der Waals surface area contributed by atoms with Crippen LogP contribution in [0.25, 0.3) is 0 Å². The van der Waals surface area contributed by atoms with E-state index in [1.165, 1.54) is 0 Å². The van der Waals surface area contributed by atoms with Gasteiger partial charge in [-0.3, -0.25) is 4.99 Å². The van der Waals surface area contributed by atoms with Crippen LogP contribution in [0.3, 0.4) is 0 Å². The number of carbonyl (C=O) groups is 1. The van der Waals surface area contributed by atoms with Crippen molar-refractivity contribution in [3.05, 3.63) is 0 Å². The van der Waals surface area contributed by atoms with Crippen molar-refractivity contribution in [2.75, 3.05) is 39.5 Å². The number of rotatable bonds is 11. The molecule has 0 heterocycles. The molecule has 134 valence electrons. The fraction of sp³-hybridized carbons (Fsp3) is 0.875. The minimum Gasteiger partial charge on any atom is -0.450 e. The monoisotopic (exact) mass is 328 g/mol. The normalized spacial score (nSPS) is 15.9. The van der Waals surface area contributed by atoms with Gasteiger partial charge in [-0.15, -0.1) is 0 Å². The van der Waals surface area contributed by atoms with Crippen molar-refractivity contribution in [3.8, 4) is 0 Å². The standard InChI is InChI=1S/C16H32N4O3/c1-4-17-15(18-10-7-11-22-5-2)19-12-14(13-8-9-13)20-16(21)23-6-3/h13-14H,4-12H2,1-3H3,(H,20,21)(H2,17,18,19). The predicted octanol–water partition coefficient (Wildman–Crippen LogP) is 1.49. The van der Waals surface area contributed by atoms with E-state index >= 15 is 0 Å². The molecule has 3 N–H and O–H groups in total. The van der Waals surface area contributed by atoms with E-state index in [1.54, 1.807) is 6.92 Å². The molecule has 0 radical (unpaired) electrons. The molecule has 0 saturated heterocycles. The van der Waals surface area contributed by atoms with E-state index in [0.29, 0.717) is 19.1 Å². The Morgan fingerprint density at radius 1 is 1.22 bits per heavy atom. The summed E-state index contributed by atoms with van der Waals surface area (Å²) in [6.07, 6.45) is 2.87. The Morgan fingerprint density at radius 3 is 2.61 bits per heavy atom. The first-order valence-electron chi connectivity index (χ1n) is 8.74. The van der Waals surface area contributed by atoms with Gasteiger partial charge in [0.05, 0.1) is 19.2 Å². The highest BCUT2D eigenvalue weighted by Gasteiger charge is 2.32. The van der Waals surface area contributed by atoms with E-state index in [0.717, 1.165) is 51.5 Å². The lowest BCUT2D eigenvalue weighted by Gasteiger charge is -2.17. The zero-order valence-corrected chi connectivity index (χ0v) is 14.7. The Bertz CT molecular complexity index is 359. The Hall–Kier alpha value is -1.50. The molecule has 0 aliphatic heterocycles. The summed E-state index contributed by atoms with van der Waals surface area (Å²) >= 11 is 0. The van der Waals surface area contributed by atoms with E-state index in [2.05, 4.69) is 20.9 Å². The lowest BCUT2D eigenvalue weighted by atomic mass is 10.2. The second kappa shape index (κ2) is 12.0. The van der Waals surface area contributed by atoms with Crippen LogP contribution in [0.2, 0.25) is 0 Å². The Labute approximate surface area is 139 Å². The quantitative estimate of drug-likeness (QED) is 0.304. The molecule has 1 amide bonds. The molecule has 1 aliphatic rings.